The number of halogens is 12. The van der Waals surface area contributed by atoms with E-state index < -0.39 is 52.7 Å². The first-order valence-electron chi connectivity index (χ1n) is 9.29. The maximum atomic E-state index is 12.6. The van der Waals surface area contributed by atoms with Crippen molar-refractivity contribution in [2.75, 3.05) is 11.5 Å². The number of nitrogens with two attached hydrogens (primary N) is 2. The van der Waals surface area contributed by atoms with Gasteiger partial charge >= 0.3 is 24.7 Å². The number of aromatic amines is 1. The quantitative estimate of drug-likeness (QED) is 0.223. The van der Waals surface area contributed by atoms with E-state index in [1.54, 1.807) is 0 Å². The van der Waals surface area contributed by atoms with Crippen LogP contribution in [0.5, 0.6) is 0 Å². The zero-order valence-corrected chi connectivity index (χ0v) is 17.6. The van der Waals surface area contributed by atoms with Crippen molar-refractivity contribution in [3.05, 3.63) is 53.9 Å². The lowest BCUT2D eigenvalue weighted by Crippen LogP contribution is -2.53. The summed E-state index contributed by atoms with van der Waals surface area (Å²) in [5, 5.41) is 18.2. The number of fused-ring (bicyclic) bond motifs is 1. The monoisotopic (exact) mass is 558 g/mol. The summed E-state index contributed by atoms with van der Waals surface area (Å²) in [4.78, 5) is 6.04. The Hall–Kier alpha value is -3.41. The third-order valence-electron chi connectivity index (χ3n) is 4.98. The number of anilines is 2. The number of hydrogen-bond donors (Lipinski definition) is 5. The van der Waals surface area contributed by atoms with Gasteiger partial charge in [0.2, 0.25) is 0 Å². The van der Waals surface area contributed by atoms with Crippen molar-refractivity contribution in [2.24, 2.45) is 0 Å². The molecule has 7 N–H and O–H groups in total. The predicted molar refractivity (Wildman–Crippen MR) is 103 cm³/mol. The molecule has 6 nitrogen and oxygen atoms in total. The van der Waals surface area contributed by atoms with Crippen LogP contribution in [0.3, 0.4) is 0 Å². The molecule has 0 radical (unpaired) electrons. The topological polar surface area (TPSA) is 121 Å². The Labute approximate surface area is 197 Å². The van der Waals surface area contributed by atoms with E-state index in [-0.39, 0.29) is 16.7 Å². The molecule has 0 aliphatic carbocycles. The second-order valence-electron chi connectivity index (χ2n) is 7.39. The summed E-state index contributed by atoms with van der Waals surface area (Å²) in [5.74, 6) is 0. The van der Waals surface area contributed by atoms with E-state index in [4.69, 9.17) is 21.7 Å². The van der Waals surface area contributed by atoms with E-state index in [1.807, 2.05) is 0 Å². The highest BCUT2D eigenvalue weighted by Gasteiger charge is 2.72. The molecule has 18 heteroatoms. The minimum Gasteiger partial charge on any atom is -0.397 e. The number of rotatable bonds is 2. The fourth-order valence-electron chi connectivity index (χ4n) is 2.94. The van der Waals surface area contributed by atoms with Gasteiger partial charge in [0.25, 0.3) is 11.2 Å². The number of imidazole rings is 1. The van der Waals surface area contributed by atoms with Crippen LogP contribution in [0.4, 0.5) is 64.1 Å². The third-order valence-corrected chi connectivity index (χ3v) is 4.98. The van der Waals surface area contributed by atoms with E-state index in [0.29, 0.717) is 24.3 Å². The lowest BCUT2D eigenvalue weighted by Gasteiger charge is -2.32. The number of nitrogen functional groups attached to an aromatic ring is 2. The Balaban J connectivity index is 0.000000261. The lowest BCUT2D eigenvalue weighted by molar-refractivity contribution is -0.376. The molecule has 0 saturated heterocycles. The fraction of sp³-hybridized carbons (Fsp3) is 0.316. The summed E-state index contributed by atoms with van der Waals surface area (Å²) in [7, 11) is 0. The van der Waals surface area contributed by atoms with Crippen LogP contribution in [0.1, 0.15) is 11.1 Å². The molecule has 1 aromatic heterocycles. The zero-order valence-electron chi connectivity index (χ0n) is 17.6. The van der Waals surface area contributed by atoms with Crippen molar-refractivity contribution in [3.63, 3.8) is 0 Å². The summed E-state index contributed by atoms with van der Waals surface area (Å²) < 4.78 is 151. The van der Waals surface area contributed by atoms with Gasteiger partial charge in [-0.05, 0) is 24.3 Å². The van der Waals surface area contributed by atoms with Crippen molar-refractivity contribution in [3.8, 4) is 0 Å². The van der Waals surface area contributed by atoms with Crippen LogP contribution in [0.15, 0.2) is 42.7 Å². The first kappa shape index (κ1) is 29.8. The van der Waals surface area contributed by atoms with Gasteiger partial charge in [0.05, 0.1) is 28.7 Å². The average Bonchev–Trinajstić information content (AvgIpc) is 3.19. The van der Waals surface area contributed by atoms with Gasteiger partial charge in [-0.25, -0.2) is 4.98 Å². The number of aromatic nitrogens is 2. The second-order valence-corrected chi connectivity index (χ2v) is 7.39. The predicted octanol–water partition coefficient (Wildman–Crippen LogP) is 5.04. The van der Waals surface area contributed by atoms with Gasteiger partial charge in [-0.15, -0.1) is 0 Å². The molecule has 37 heavy (non-hydrogen) atoms. The van der Waals surface area contributed by atoms with Crippen molar-refractivity contribution in [1.29, 1.82) is 0 Å². The maximum Gasteiger partial charge on any atom is 0.430 e. The number of alkyl halides is 12. The van der Waals surface area contributed by atoms with Crippen molar-refractivity contribution in [2.45, 2.75) is 35.9 Å². The van der Waals surface area contributed by atoms with Gasteiger partial charge in [0.15, 0.2) is 0 Å². The molecule has 3 aromatic rings. The summed E-state index contributed by atoms with van der Waals surface area (Å²) >= 11 is 0. The SMILES string of the molecule is Nc1ccc(C(O)(C(F)(F)F)C(F)(F)F)cc1N.OC(c1ccc2nc[nH]c2c1)(C(F)(F)F)C(F)(F)F. The standard InChI is InChI=1S/C10H6F6N2O.C9H8F6N2O/c11-9(12,13)8(19,10(14,15)16)5-1-2-6-7(3-5)18-4-17-6;10-8(11,12)7(18,9(13,14)15)4-1-2-5(16)6(17)3-4/h1-4,19H,(H,17,18);1-3,18H,16-17H2. The molecular weight excluding hydrogens is 544 g/mol. The number of hydrogen-bond acceptors (Lipinski definition) is 5. The Morgan fingerprint density at radius 1 is 0.595 bits per heavy atom. The largest absolute Gasteiger partial charge is 0.430 e. The molecule has 0 fully saturated rings. The summed E-state index contributed by atoms with van der Waals surface area (Å²) in [5.41, 5.74) is -2.86. The van der Waals surface area contributed by atoms with Gasteiger partial charge in [0, 0.05) is 11.1 Å². The van der Waals surface area contributed by atoms with Gasteiger partial charge in [-0.2, -0.15) is 52.7 Å². The Morgan fingerprint density at radius 3 is 1.41 bits per heavy atom. The highest BCUT2D eigenvalue weighted by atomic mass is 19.4. The molecule has 0 unspecified atom stereocenters. The number of nitrogens with zero attached hydrogens (tertiary/aromatic N) is 1. The van der Waals surface area contributed by atoms with Crippen molar-refractivity contribution >= 4 is 22.4 Å². The van der Waals surface area contributed by atoms with Crippen LogP contribution in [-0.2, 0) is 11.2 Å². The van der Waals surface area contributed by atoms with Gasteiger partial charge < -0.3 is 26.7 Å². The van der Waals surface area contributed by atoms with Gasteiger partial charge in [-0.3, -0.25) is 0 Å². The third kappa shape index (κ3) is 5.20. The zero-order chi connectivity index (χ0) is 28.8. The van der Waals surface area contributed by atoms with Crippen molar-refractivity contribution < 1.29 is 62.9 Å². The van der Waals surface area contributed by atoms with Crippen LogP contribution in [0.25, 0.3) is 11.0 Å². The highest BCUT2D eigenvalue weighted by molar-refractivity contribution is 5.75. The van der Waals surface area contributed by atoms with Crippen LogP contribution in [0.2, 0.25) is 0 Å². The molecule has 0 bridgehead atoms. The summed E-state index contributed by atoms with van der Waals surface area (Å²) in [6, 6.07) is 3.60. The van der Waals surface area contributed by atoms with Crippen LogP contribution in [-0.4, -0.2) is 44.9 Å². The van der Waals surface area contributed by atoms with Gasteiger partial charge in [-0.1, -0.05) is 12.1 Å². The lowest BCUT2D eigenvalue weighted by atomic mass is 9.91. The molecule has 0 atom stereocenters. The molecule has 1 heterocycles. The molecule has 206 valence electrons. The normalized spacial score (nSPS) is 13.9. The van der Waals surface area contributed by atoms with Gasteiger partial charge in [0.1, 0.15) is 0 Å². The summed E-state index contributed by atoms with van der Waals surface area (Å²) in [6.45, 7) is 0. The molecule has 2 aromatic carbocycles. The average molecular weight is 558 g/mol. The number of H-pyrrole nitrogens is 1. The first-order chi connectivity index (χ1) is 16.5. The van der Waals surface area contributed by atoms with E-state index in [1.165, 1.54) is 0 Å². The smallest absolute Gasteiger partial charge is 0.397 e. The van der Waals surface area contributed by atoms with E-state index >= 15 is 0 Å². The molecule has 0 spiro atoms. The fourth-order valence-corrected chi connectivity index (χ4v) is 2.94. The Bertz CT molecular complexity index is 1220. The van der Waals surface area contributed by atoms with Crippen molar-refractivity contribution in [1.82, 2.24) is 9.97 Å². The number of benzene rings is 2. The molecule has 0 saturated carbocycles. The van der Waals surface area contributed by atoms with Crippen LogP contribution < -0.4 is 11.5 Å². The highest BCUT2D eigenvalue weighted by Crippen LogP contribution is 2.51. The molecule has 0 aliphatic rings. The minimum atomic E-state index is -5.94. The van der Waals surface area contributed by atoms with E-state index in [0.717, 1.165) is 18.5 Å². The first-order valence-corrected chi connectivity index (χ1v) is 9.29. The molecule has 3 rings (SSSR count). The summed E-state index contributed by atoms with van der Waals surface area (Å²) in [6.07, 6.45) is -22.5. The molecule has 0 aliphatic heterocycles. The second kappa shape index (κ2) is 9.16. The van der Waals surface area contributed by atoms with Crippen LogP contribution in [0, 0.1) is 0 Å². The minimum absolute atomic E-state index is 0.0376. The van der Waals surface area contributed by atoms with E-state index in [9.17, 15) is 52.7 Å². The Kier molecular flexibility index (Phi) is 7.38. The molecule has 0 amide bonds. The molecular formula is C19H14F12N4O2. The maximum absolute atomic E-state index is 12.6. The number of aliphatic hydroxyl groups is 2. The Morgan fingerprint density at radius 2 is 1.00 bits per heavy atom. The number of nitrogens with one attached hydrogen (secondary N) is 1. The van der Waals surface area contributed by atoms with E-state index in [2.05, 4.69) is 9.97 Å². The van der Waals surface area contributed by atoms with Crippen LogP contribution >= 0.6 is 0 Å².